The molecule has 1 saturated carbocycles. The minimum absolute atomic E-state index is 0.161. The van der Waals surface area contributed by atoms with Crippen molar-refractivity contribution in [3.8, 4) is 11.5 Å². The van der Waals surface area contributed by atoms with E-state index in [-0.39, 0.29) is 24.2 Å². The van der Waals surface area contributed by atoms with Crippen LogP contribution >= 0.6 is 0 Å². The van der Waals surface area contributed by atoms with Crippen molar-refractivity contribution in [2.24, 2.45) is 0 Å². The molecule has 2 aromatic heterocycles. The quantitative estimate of drug-likeness (QED) is 0.430. The highest BCUT2D eigenvalue weighted by molar-refractivity contribution is 5.83. The normalized spacial score (nSPS) is 18.9. The highest BCUT2D eigenvalue weighted by Gasteiger charge is 2.35. The lowest BCUT2D eigenvalue weighted by Gasteiger charge is -2.39. The van der Waals surface area contributed by atoms with Crippen LogP contribution in [-0.4, -0.2) is 63.1 Å². The Bertz CT molecular complexity index is 1540. The van der Waals surface area contributed by atoms with Crippen molar-refractivity contribution in [3.05, 3.63) is 70.0 Å². The zero-order valence-electron chi connectivity index (χ0n) is 20.8. The molecule has 0 amide bonds. The van der Waals surface area contributed by atoms with E-state index in [1.54, 1.807) is 18.2 Å². The predicted molar refractivity (Wildman–Crippen MR) is 138 cm³/mol. The third kappa shape index (κ3) is 3.97. The summed E-state index contributed by atoms with van der Waals surface area (Å²) in [5, 5.41) is 13.7. The molecular weight excluding hydrogens is 489 g/mol. The number of pyridine rings is 1. The zero-order chi connectivity index (χ0) is 25.6. The van der Waals surface area contributed by atoms with Gasteiger partial charge in [-0.05, 0) is 47.5 Å². The van der Waals surface area contributed by atoms with E-state index in [1.807, 2.05) is 27.8 Å². The molecule has 1 aliphatic carbocycles. The molecule has 38 heavy (non-hydrogen) atoms. The van der Waals surface area contributed by atoms with Crippen molar-refractivity contribution < 1.29 is 13.9 Å². The third-order valence-electron chi connectivity index (χ3n) is 7.97. The van der Waals surface area contributed by atoms with E-state index in [0.29, 0.717) is 60.3 Å². The van der Waals surface area contributed by atoms with Crippen LogP contribution in [0.15, 0.2) is 47.3 Å². The molecule has 2 fully saturated rings. The first-order chi connectivity index (χ1) is 18.7. The molecule has 4 aromatic rings. The predicted octanol–water partition coefficient (Wildman–Crippen LogP) is 3.41. The fourth-order valence-corrected chi connectivity index (χ4v) is 6.03. The smallest absolute Gasteiger partial charge is 0.253 e. The number of benzene rings is 2. The topological polar surface area (TPSA) is 101 Å². The van der Waals surface area contributed by atoms with Gasteiger partial charge < -0.3 is 19.4 Å². The number of nitrogens with one attached hydrogen (secondary N) is 1. The molecule has 10 nitrogen and oxygen atoms in total. The number of aromatic amines is 1. The molecule has 2 aromatic carbocycles. The molecule has 0 bridgehead atoms. The lowest BCUT2D eigenvalue weighted by atomic mass is 10.0. The first kappa shape index (κ1) is 23.2. The Hall–Kier alpha value is -3.99. The second-order valence-electron chi connectivity index (χ2n) is 10.1. The molecule has 1 atom stereocenters. The Labute approximate surface area is 218 Å². The summed E-state index contributed by atoms with van der Waals surface area (Å²) in [7, 11) is 0. The van der Waals surface area contributed by atoms with E-state index in [1.165, 1.54) is 6.07 Å². The van der Waals surface area contributed by atoms with Gasteiger partial charge >= 0.3 is 0 Å². The summed E-state index contributed by atoms with van der Waals surface area (Å²) >= 11 is 0. The first-order valence-electron chi connectivity index (χ1n) is 13.1. The second kappa shape index (κ2) is 9.39. The fourth-order valence-electron chi connectivity index (χ4n) is 6.03. The van der Waals surface area contributed by atoms with Crippen molar-refractivity contribution in [1.29, 1.82) is 0 Å². The van der Waals surface area contributed by atoms with Gasteiger partial charge in [-0.15, -0.1) is 5.10 Å². The van der Waals surface area contributed by atoms with Crippen molar-refractivity contribution in [2.75, 3.05) is 37.9 Å². The summed E-state index contributed by atoms with van der Waals surface area (Å²) in [6, 6.07) is 12.2. The molecule has 2 aliphatic heterocycles. The summed E-state index contributed by atoms with van der Waals surface area (Å²) in [4.78, 5) is 20.9. The molecule has 11 heteroatoms. The monoisotopic (exact) mass is 517 g/mol. The van der Waals surface area contributed by atoms with Crippen molar-refractivity contribution >= 4 is 16.6 Å². The third-order valence-corrected chi connectivity index (χ3v) is 7.97. The number of H-pyrrole nitrogens is 1. The van der Waals surface area contributed by atoms with Crippen LogP contribution in [0.25, 0.3) is 10.9 Å². The van der Waals surface area contributed by atoms with E-state index in [9.17, 15) is 9.18 Å². The van der Waals surface area contributed by atoms with Crippen molar-refractivity contribution in [2.45, 2.75) is 37.8 Å². The van der Waals surface area contributed by atoms with Gasteiger partial charge in [0.1, 0.15) is 11.9 Å². The number of rotatable bonds is 5. The van der Waals surface area contributed by atoms with E-state index in [0.717, 1.165) is 31.1 Å². The second-order valence-corrected chi connectivity index (χ2v) is 10.1. The Morgan fingerprint density at radius 2 is 1.76 bits per heavy atom. The summed E-state index contributed by atoms with van der Waals surface area (Å²) in [5.74, 6) is 1.71. The SMILES string of the molecule is O=c1[nH]c2cc3c(cc2cc1[C@H](c1nnnn1C1CCCC1)N1CCN(c2ccccc2F)CC1)OCO3. The Balaban J connectivity index is 1.29. The maximum absolute atomic E-state index is 14.5. The Morgan fingerprint density at radius 3 is 2.55 bits per heavy atom. The zero-order valence-corrected chi connectivity index (χ0v) is 20.8. The number of fused-ring (bicyclic) bond motifs is 2. The van der Waals surface area contributed by atoms with Crippen molar-refractivity contribution in [3.63, 3.8) is 0 Å². The van der Waals surface area contributed by atoms with Gasteiger partial charge in [-0.2, -0.15) is 0 Å². The summed E-state index contributed by atoms with van der Waals surface area (Å²) in [5.41, 5.74) is 1.66. The fraction of sp³-hybridized carbons (Fsp3) is 0.407. The number of piperazine rings is 1. The van der Waals surface area contributed by atoms with E-state index >= 15 is 0 Å². The molecule has 7 rings (SSSR count). The Kier molecular flexibility index (Phi) is 5.72. The summed E-state index contributed by atoms with van der Waals surface area (Å²) in [6.45, 7) is 2.64. The van der Waals surface area contributed by atoms with Crippen LogP contribution in [0.1, 0.15) is 49.2 Å². The lowest BCUT2D eigenvalue weighted by Crippen LogP contribution is -2.49. The Morgan fingerprint density at radius 1 is 1.00 bits per heavy atom. The maximum Gasteiger partial charge on any atom is 0.253 e. The van der Waals surface area contributed by atoms with Crippen LogP contribution in [0.5, 0.6) is 11.5 Å². The standard InChI is InChI=1S/C27H28FN7O3/c28-20-7-3-4-8-22(20)33-9-11-34(12-10-33)25(26-30-31-32-35(26)18-5-1-2-6-18)19-13-17-14-23-24(38-16-37-23)15-21(17)29-27(19)36/h3-4,7-8,13-15,18,25H,1-2,5-6,9-12,16H2,(H,29,36)/t25-/m1/s1. The number of anilines is 1. The summed E-state index contributed by atoms with van der Waals surface area (Å²) in [6.07, 6.45) is 4.31. The van der Waals surface area contributed by atoms with Gasteiger partial charge in [0.2, 0.25) is 6.79 Å². The van der Waals surface area contributed by atoms with Gasteiger partial charge in [0.15, 0.2) is 17.3 Å². The number of aromatic nitrogens is 5. The number of hydrogen-bond donors (Lipinski definition) is 1. The van der Waals surface area contributed by atoms with Gasteiger partial charge in [-0.25, -0.2) is 9.07 Å². The highest BCUT2D eigenvalue weighted by Crippen LogP contribution is 2.38. The average molecular weight is 518 g/mol. The van der Waals surface area contributed by atoms with Crippen LogP contribution in [0, 0.1) is 5.82 Å². The van der Waals surface area contributed by atoms with Crippen LogP contribution in [0.4, 0.5) is 10.1 Å². The minimum atomic E-state index is -0.452. The molecule has 1 saturated heterocycles. The van der Waals surface area contributed by atoms with Gasteiger partial charge in [-0.1, -0.05) is 25.0 Å². The first-order valence-corrected chi connectivity index (χ1v) is 13.1. The highest BCUT2D eigenvalue weighted by atomic mass is 19.1. The van der Waals surface area contributed by atoms with Crippen LogP contribution in [0.3, 0.4) is 0 Å². The maximum atomic E-state index is 14.5. The van der Waals surface area contributed by atoms with Gasteiger partial charge in [-0.3, -0.25) is 9.69 Å². The molecular formula is C27H28FN7O3. The number of tetrazole rings is 1. The largest absolute Gasteiger partial charge is 0.454 e. The minimum Gasteiger partial charge on any atom is -0.454 e. The van der Waals surface area contributed by atoms with Crippen LogP contribution in [0.2, 0.25) is 0 Å². The van der Waals surface area contributed by atoms with E-state index < -0.39 is 6.04 Å². The van der Waals surface area contributed by atoms with Gasteiger partial charge in [0, 0.05) is 43.2 Å². The molecule has 196 valence electrons. The lowest BCUT2D eigenvalue weighted by molar-refractivity contribution is 0.174. The number of nitrogens with zero attached hydrogens (tertiary/aromatic N) is 6. The summed E-state index contributed by atoms with van der Waals surface area (Å²) < 4.78 is 27.5. The van der Waals surface area contributed by atoms with E-state index in [4.69, 9.17) is 9.47 Å². The van der Waals surface area contributed by atoms with Crippen molar-refractivity contribution in [1.82, 2.24) is 30.1 Å². The number of para-hydroxylation sites is 1. The average Bonchev–Trinajstić information content (AvgIpc) is 3.71. The van der Waals surface area contributed by atoms with Gasteiger partial charge in [0.25, 0.3) is 5.56 Å². The molecule has 4 heterocycles. The number of halogens is 1. The molecule has 0 spiro atoms. The van der Waals surface area contributed by atoms with Crippen LogP contribution in [-0.2, 0) is 0 Å². The molecule has 0 unspecified atom stereocenters. The molecule has 1 N–H and O–H groups in total. The number of ether oxygens (including phenoxy) is 2. The molecule has 0 radical (unpaired) electrons. The van der Waals surface area contributed by atoms with Crippen LogP contribution < -0.4 is 19.9 Å². The van der Waals surface area contributed by atoms with Gasteiger partial charge in [0.05, 0.1) is 17.2 Å². The number of hydrogen-bond acceptors (Lipinski definition) is 8. The van der Waals surface area contributed by atoms with E-state index in [2.05, 4.69) is 25.4 Å². The molecule has 3 aliphatic rings.